The van der Waals surface area contributed by atoms with Crippen LogP contribution in [0.3, 0.4) is 0 Å². The number of rotatable bonds is 7. The molecule has 0 radical (unpaired) electrons. The van der Waals surface area contributed by atoms with Gasteiger partial charge in [-0.3, -0.25) is 9.59 Å². The van der Waals surface area contributed by atoms with E-state index in [9.17, 15) is 9.59 Å². The van der Waals surface area contributed by atoms with Crippen LogP contribution in [0.15, 0.2) is 60.3 Å². The first-order chi connectivity index (χ1) is 12.6. The molecular weight excluding hydrogens is 324 g/mol. The molecule has 0 saturated heterocycles. The van der Waals surface area contributed by atoms with Gasteiger partial charge in [-0.2, -0.15) is 0 Å². The minimum absolute atomic E-state index is 0.0637. The number of carbonyl (C=O) groups is 2. The third-order valence-corrected chi connectivity index (χ3v) is 3.85. The molecule has 26 heavy (non-hydrogen) atoms. The molecular formula is C22H22N2O2. The number of terminal acetylenes is 1. The molecule has 132 valence electrons. The van der Waals surface area contributed by atoms with Gasteiger partial charge in [0.15, 0.2) is 5.78 Å². The van der Waals surface area contributed by atoms with Crippen LogP contribution in [0.5, 0.6) is 0 Å². The quantitative estimate of drug-likeness (QED) is 0.264. The van der Waals surface area contributed by atoms with Crippen molar-refractivity contribution in [1.29, 1.82) is 0 Å². The fraction of sp³-hybridized carbons (Fsp3) is 0.182. The van der Waals surface area contributed by atoms with Gasteiger partial charge in [0.25, 0.3) is 5.91 Å². The smallest absolute Gasteiger partial charge is 0.256 e. The van der Waals surface area contributed by atoms with Crippen LogP contribution in [0, 0.1) is 19.3 Å². The Morgan fingerprint density at radius 3 is 2.42 bits per heavy atom. The summed E-state index contributed by atoms with van der Waals surface area (Å²) in [6, 6.07) is 14.4. The normalized spacial score (nSPS) is 10.7. The summed E-state index contributed by atoms with van der Waals surface area (Å²) in [6.07, 6.45) is 7.59. The Morgan fingerprint density at radius 2 is 1.81 bits per heavy atom. The molecule has 1 amide bonds. The Hall–Kier alpha value is -3.32. The van der Waals surface area contributed by atoms with Crippen molar-refractivity contribution < 1.29 is 9.59 Å². The lowest BCUT2D eigenvalue weighted by atomic mass is 9.99. The lowest BCUT2D eigenvalue weighted by molar-refractivity contribution is -0.117. The molecule has 0 spiro atoms. The standard InChI is InChI=1S/C22H22N2O2/c1-4-14-23-22(26)20(21(25)19-9-7-6-8-16(19)3)15-24-18-12-10-17(5-2)11-13-18/h2,6-13,15,24H,4,14H2,1,3H3,(H,23,26)/b20-15-. The number of amides is 1. The summed E-state index contributed by atoms with van der Waals surface area (Å²) in [5.74, 6) is 1.83. The molecule has 0 aliphatic rings. The maximum atomic E-state index is 12.9. The molecule has 4 nitrogen and oxygen atoms in total. The molecule has 2 rings (SSSR count). The molecule has 0 aliphatic heterocycles. The zero-order valence-electron chi connectivity index (χ0n) is 15.0. The predicted octanol–water partition coefficient (Wildman–Crippen LogP) is 3.68. The van der Waals surface area contributed by atoms with Crippen LogP contribution in [-0.2, 0) is 4.79 Å². The van der Waals surface area contributed by atoms with Crippen LogP contribution in [0.4, 0.5) is 5.69 Å². The number of hydrogen-bond donors (Lipinski definition) is 2. The van der Waals surface area contributed by atoms with Gasteiger partial charge in [0.1, 0.15) is 5.57 Å². The van der Waals surface area contributed by atoms with E-state index in [1.165, 1.54) is 6.20 Å². The van der Waals surface area contributed by atoms with E-state index in [1.807, 2.05) is 26.0 Å². The molecule has 0 bridgehead atoms. The fourth-order valence-electron chi connectivity index (χ4n) is 2.36. The number of benzene rings is 2. The summed E-state index contributed by atoms with van der Waals surface area (Å²) in [5.41, 5.74) is 2.90. The van der Waals surface area contributed by atoms with Crippen molar-refractivity contribution in [2.45, 2.75) is 20.3 Å². The highest BCUT2D eigenvalue weighted by Crippen LogP contribution is 2.15. The Bertz CT molecular complexity index is 858. The average molecular weight is 346 g/mol. The summed E-state index contributed by atoms with van der Waals surface area (Å²) in [7, 11) is 0. The Balaban J connectivity index is 2.30. The highest BCUT2D eigenvalue weighted by molar-refractivity contribution is 6.26. The van der Waals surface area contributed by atoms with Crippen molar-refractivity contribution in [3.63, 3.8) is 0 Å². The number of aryl methyl sites for hydroxylation is 1. The van der Waals surface area contributed by atoms with Gasteiger partial charge in [0.05, 0.1) is 0 Å². The van der Waals surface area contributed by atoms with E-state index in [2.05, 4.69) is 16.6 Å². The first-order valence-corrected chi connectivity index (χ1v) is 8.48. The molecule has 0 saturated carbocycles. The second-order valence-corrected chi connectivity index (χ2v) is 5.82. The predicted molar refractivity (Wildman–Crippen MR) is 105 cm³/mol. The summed E-state index contributed by atoms with van der Waals surface area (Å²) < 4.78 is 0. The molecule has 2 aromatic rings. The van der Waals surface area contributed by atoms with Crippen LogP contribution in [0.25, 0.3) is 0 Å². The van der Waals surface area contributed by atoms with E-state index in [1.54, 1.807) is 36.4 Å². The topological polar surface area (TPSA) is 58.2 Å². The molecule has 0 unspecified atom stereocenters. The van der Waals surface area contributed by atoms with E-state index in [0.717, 1.165) is 23.2 Å². The van der Waals surface area contributed by atoms with Crippen molar-refractivity contribution in [1.82, 2.24) is 5.32 Å². The summed E-state index contributed by atoms with van der Waals surface area (Å²) in [4.78, 5) is 25.4. The highest BCUT2D eigenvalue weighted by Gasteiger charge is 2.20. The Kier molecular flexibility index (Phi) is 6.75. The van der Waals surface area contributed by atoms with Gasteiger partial charge in [-0.1, -0.05) is 37.1 Å². The summed E-state index contributed by atoms with van der Waals surface area (Å²) >= 11 is 0. The van der Waals surface area contributed by atoms with E-state index in [0.29, 0.717) is 12.1 Å². The fourth-order valence-corrected chi connectivity index (χ4v) is 2.36. The molecule has 0 aromatic heterocycles. The maximum absolute atomic E-state index is 12.9. The summed E-state index contributed by atoms with van der Waals surface area (Å²) in [5, 5.41) is 5.77. The molecule has 0 heterocycles. The molecule has 4 heteroatoms. The minimum atomic E-state index is -0.396. The van der Waals surface area contributed by atoms with E-state index in [4.69, 9.17) is 6.42 Å². The molecule has 0 atom stereocenters. The van der Waals surface area contributed by atoms with Crippen LogP contribution in [0.1, 0.15) is 34.8 Å². The summed E-state index contributed by atoms with van der Waals surface area (Å²) in [6.45, 7) is 4.31. The Labute approximate surface area is 154 Å². The largest absolute Gasteiger partial charge is 0.361 e. The van der Waals surface area contributed by atoms with E-state index in [-0.39, 0.29) is 11.4 Å². The van der Waals surface area contributed by atoms with Crippen LogP contribution >= 0.6 is 0 Å². The van der Waals surface area contributed by atoms with Gasteiger partial charge in [-0.25, -0.2) is 0 Å². The van der Waals surface area contributed by atoms with Crippen molar-refractivity contribution >= 4 is 17.4 Å². The lowest BCUT2D eigenvalue weighted by Crippen LogP contribution is -2.30. The zero-order valence-corrected chi connectivity index (χ0v) is 15.0. The van der Waals surface area contributed by atoms with E-state index >= 15 is 0 Å². The van der Waals surface area contributed by atoms with Gasteiger partial charge >= 0.3 is 0 Å². The first kappa shape index (κ1) is 19.0. The number of Topliss-reactive ketones (excluding diaryl/α,β-unsaturated/α-hetero) is 1. The molecule has 2 aromatic carbocycles. The second-order valence-electron chi connectivity index (χ2n) is 5.82. The van der Waals surface area contributed by atoms with Gasteiger partial charge in [-0.05, 0) is 43.2 Å². The first-order valence-electron chi connectivity index (χ1n) is 8.48. The van der Waals surface area contributed by atoms with Gasteiger partial charge in [0, 0.05) is 29.6 Å². The second kappa shape index (κ2) is 9.24. The zero-order chi connectivity index (χ0) is 18.9. The lowest BCUT2D eigenvalue weighted by Gasteiger charge is -2.10. The highest BCUT2D eigenvalue weighted by atomic mass is 16.2. The maximum Gasteiger partial charge on any atom is 0.256 e. The minimum Gasteiger partial charge on any atom is -0.361 e. The van der Waals surface area contributed by atoms with Gasteiger partial charge in [-0.15, -0.1) is 6.42 Å². The number of carbonyl (C=O) groups excluding carboxylic acids is 2. The molecule has 0 aliphatic carbocycles. The SMILES string of the molecule is C#Cc1ccc(N/C=C(\C(=O)NCCC)C(=O)c2ccccc2C)cc1. The monoisotopic (exact) mass is 346 g/mol. The Morgan fingerprint density at radius 1 is 1.12 bits per heavy atom. The molecule has 2 N–H and O–H groups in total. The van der Waals surface area contributed by atoms with Crippen molar-refractivity contribution in [3.8, 4) is 12.3 Å². The number of hydrogen-bond acceptors (Lipinski definition) is 3. The van der Waals surface area contributed by atoms with Crippen LogP contribution < -0.4 is 10.6 Å². The van der Waals surface area contributed by atoms with Gasteiger partial charge < -0.3 is 10.6 Å². The number of ketones is 1. The van der Waals surface area contributed by atoms with Crippen molar-refractivity contribution in [2.24, 2.45) is 0 Å². The molecule has 0 fully saturated rings. The van der Waals surface area contributed by atoms with E-state index < -0.39 is 5.91 Å². The number of anilines is 1. The average Bonchev–Trinajstić information content (AvgIpc) is 2.67. The third-order valence-electron chi connectivity index (χ3n) is 3.85. The van der Waals surface area contributed by atoms with Crippen LogP contribution in [-0.4, -0.2) is 18.2 Å². The van der Waals surface area contributed by atoms with Crippen LogP contribution in [0.2, 0.25) is 0 Å². The van der Waals surface area contributed by atoms with Crippen molar-refractivity contribution in [3.05, 3.63) is 77.0 Å². The third kappa shape index (κ3) is 4.84. The van der Waals surface area contributed by atoms with Crippen molar-refractivity contribution in [2.75, 3.05) is 11.9 Å². The van der Waals surface area contributed by atoms with Gasteiger partial charge in [0.2, 0.25) is 0 Å². The number of nitrogens with one attached hydrogen (secondary N) is 2.